The number of nitrogens with two attached hydrogens (primary N) is 1. The van der Waals surface area contributed by atoms with Crippen molar-refractivity contribution in [1.29, 1.82) is 0 Å². The number of nitrogens with one attached hydrogen (secondary N) is 1. The highest BCUT2D eigenvalue weighted by atomic mass is 19.2. The van der Waals surface area contributed by atoms with Crippen molar-refractivity contribution in [2.75, 3.05) is 6.61 Å². The Hall–Kier alpha value is -0.870. The molecule has 0 radical (unpaired) electrons. The molecular weight excluding hydrogens is 278 g/mol. The molecule has 0 aromatic carbocycles. The Morgan fingerprint density at radius 1 is 1.55 bits per heavy atom. The average Bonchev–Trinajstić information content (AvgIpc) is 2.37. The molecule has 1 rings (SSSR count). The fraction of sp³-hybridized carbons (Fsp3) is 0.909. The molecule has 3 unspecified atom stereocenters. The van der Waals surface area contributed by atoms with Crippen molar-refractivity contribution in [1.82, 2.24) is 5.32 Å². The van der Waals surface area contributed by atoms with Crippen LogP contribution in [0.3, 0.4) is 0 Å². The van der Waals surface area contributed by atoms with Crippen molar-refractivity contribution < 1.29 is 33.6 Å². The smallest absolute Gasteiger partial charge is 0.239 e. The topological polar surface area (TPSA) is 125 Å². The van der Waals surface area contributed by atoms with Gasteiger partial charge in [-0.2, -0.15) is 0 Å². The Balaban J connectivity index is 3.04. The Kier molecular flexibility index (Phi) is 5.39. The van der Waals surface area contributed by atoms with Crippen LogP contribution in [0.1, 0.15) is 13.8 Å². The highest BCUT2D eigenvalue weighted by Gasteiger charge is 2.55. The minimum absolute atomic E-state index is 0.584. The summed E-state index contributed by atoms with van der Waals surface area (Å²) < 4.78 is 32.6. The molecule has 7 nitrogen and oxygen atoms in total. The monoisotopic (exact) mass is 298 g/mol. The largest absolute Gasteiger partial charge is 0.394 e. The molecule has 1 aliphatic heterocycles. The minimum Gasteiger partial charge on any atom is -0.394 e. The van der Waals surface area contributed by atoms with Crippen LogP contribution in [0.25, 0.3) is 0 Å². The summed E-state index contributed by atoms with van der Waals surface area (Å²) in [4.78, 5) is 11.1. The van der Waals surface area contributed by atoms with E-state index in [0.717, 1.165) is 13.8 Å². The molecule has 1 heterocycles. The van der Waals surface area contributed by atoms with E-state index in [1.807, 2.05) is 0 Å². The third kappa shape index (κ3) is 3.41. The van der Waals surface area contributed by atoms with E-state index in [4.69, 9.17) is 15.6 Å². The van der Waals surface area contributed by atoms with Gasteiger partial charge in [0.1, 0.15) is 18.3 Å². The van der Waals surface area contributed by atoms with Gasteiger partial charge in [0, 0.05) is 6.92 Å². The summed E-state index contributed by atoms with van der Waals surface area (Å²) in [5.74, 6) is -3.37. The van der Waals surface area contributed by atoms with Crippen LogP contribution in [0, 0.1) is 0 Å². The summed E-state index contributed by atoms with van der Waals surface area (Å²) in [6, 6.07) is -2.73. The van der Waals surface area contributed by atoms with Gasteiger partial charge in [0.05, 0.1) is 18.7 Å². The molecule has 118 valence electrons. The van der Waals surface area contributed by atoms with Crippen molar-refractivity contribution in [3.63, 3.8) is 0 Å². The molecule has 6 N–H and O–H groups in total. The van der Waals surface area contributed by atoms with Crippen molar-refractivity contribution in [2.45, 2.75) is 56.3 Å². The first-order valence-electron chi connectivity index (χ1n) is 6.12. The molecule has 1 aliphatic rings. The van der Waals surface area contributed by atoms with Crippen LogP contribution in [-0.2, 0) is 9.53 Å². The summed E-state index contributed by atoms with van der Waals surface area (Å²) in [7, 11) is 0. The van der Waals surface area contributed by atoms with Gasteiger partial charge >= 0.3 is 0 Å². The number of alkyl halides is 2. The molecule has 1 saturated heterocycles. The maximum atomic E-state index is 14.0. The second kappa shape index (κ2) is 6.27. The SMILES string of the molecule is CC(=O)N[C@@H]1C(N)C(F)[C@@](C)(F)OC1[C@H](O)[C@H](O)CO. The van der Waals surface area contributed by atoms with E-state index in [0.29, 0.717) is 0 Å². The predicted octanol–water partition coefficient (Wildman–Crippen LogP) is -2.04. The zero-order valence-electron chi connectivity index (χ0n) is 11.2. The van der Waals surface area contributed by atoms with Crippen LogP contribution in [0.4, 0.5) is 8.78 Å². The van der Waals surface area contributed by atoms with Gasteiger partial charge in [-0.15, -0.1) is 0 Å². The Labute approximate surface area is 114 Å². The van der Waals surface area contributed by atoms with Crippen LogP contribution in [-0.4, -0.2) is 70.3 Å². The van der Waals surface area contributed by atoms with Crippen LogP contribution in [0.2, 0.25) is 0 Å². The second-order valence-corrected chi connectivity index (χ2v) is 5.01. The zero-order chi connectivity index (χ0) is 15.7. The molecule has 20 heavy (non-hydrogen) atoms. The van der Waals surface area contributed by atoms with Crippen LogP contribution < -0.4 is 11.1 Å². The number of ether oxygens (including phenoxy) is 1. The van der Waals surface area contributed by atoms with Crippen molar-refractivity contribution >= 4 is 5.91 Å². The lowest BCUT2D eigenvalue weighted by Crippen LogP contribution is -2.71. The van der Waals surface area contributed by atoms with Crippen LogP contribution >= 0.6 is 0 Å². The molecule has 0 aromatic rings. The van der Waals surface area contributed by atoms with Crippen molar-refractivity contribution in [3.8, 4) is 0 Å². The van der Waals surface area contributed by atoms with E-state index < -0.39 is 54.9 Å². The van der Waals surface area contributed by atoms with Crippen LogP contribution in [0.15, 0.2) is 0 Å². The molecular formula is C11H20F2N2O5. The number of halogens is 2. The van der Waals surface area contributed by atoms with Gasteiger partial charge in [0.25, 0.3) is 0 Å². The maximum Gasteiger partial charge on any atom is 0.239 e. The third-order valence-electron chi connectivity index (χ3n) is 3.25. The number of carbonyl (C=O) groups excluding carboxylic acids is 1. The number of hydrogen-bond acceptors (Lipinski definition) is 6. The van der Waals surface area contributed by atoms with E-state index in [1.54, 1.807) is 0 Å². The van der Waals surface area contributed by atoms with Gasteiger partial charge < -0.3 is 31.1 Å². The number of rotatable bonds is 4. The second-order valence-electron chi connectivity index (χ2n) is 5.01. The number of hydrogen-bond donors (Lipinski definition) is 5. The van der Waals surface area contributed by atoms with E-state index in [9.17, 15) is 23.8 Å². The third-order valence-corrected chi connectivity index (χ3v) is 3.25. The first kappa shape index (κ1) is 17.2. The maximum absolute atomic E-state index is 14.0. The standard InChI is InChI=1S/C11H20F2N2O5/c1-4(17)15-7-6(14)10(12)11(2,13)20-9(7)8(19)5(18)3-16/h5-10,16,18-19H,3,14H2,1-2H3,(H,15,17)/t5-,6?,7-,8-,9?,10?,11+/m1/s1. The van der Waals surface area contributed by atoms with Crippen molar-refractivity contribution in [2.24, 2.45) is 5.73 Å². The molecule has 0 aliphatic carbocycles. The fourth-order valence-corrected chi connectivity index (χ4v) is 2.17. The highest BCUT2D eigenvalue weighted by molar-refractivity contribution is 5.73. The van der Waals surface area contributed by atoms with Gasteiger partial charge in [0.15, 0.2) is 6.17 Å². The predicted molar refractivity (Wildman–Crippen MR) is 64.0 cm³/mol. The molecule has 9 heteroatoms. The van der Waals surface area contributed by atoms with Gasteiger partial charge in [-0.05, 0) is 6.92 Å². The highest BCUT2D eigenvalue weighted by Crippen LogP contribution is 2.34. The lowest BCUT2D eigenvalue weighted by atomic mass is 9.87. The molecule has 1 fully saturated rings. The number of aliphatic hydroxyl groups excluding tert-OH is 3. The summed E-state index contributed by atoms with van der Waals surface area (Å²) in [6.07, 6.45) is -7.12. The van der Waals surface area contributed by atoms with E-state index in [1.165, 1.54) is 0 Å². The summed E-state index contributed by atoms with van der Waals surface area (Å²) in [6.45, 7) is 1.12. The number of amides is 1. The van der Waals surface area contributed by atoms with Gasteiger partial charge in [-0.3, -0.25) is 4.79 Å². The van der Waals surface area contributed by atoms with Gasteiger partial charge in [-0.25, -0.2) is 8.78 Å². The van der Waals surface area contributed by atoms with E-state index >= 15 is 0 Å². The molecule has 0 saturated carbocycles. The molecule has 0 bridgehead atoms. The molecule has 0 aromatic heterocycles. The summed E-state index contributed by atoms with van der Waals surface area (Å²) >= 11 is 0. The molecule has 1 amide bonds. The lowest BCUT2D eigenvalue weighted by Gasteiger charge is -2.46. The van der Waals surface area contributed by atoms with Gasteiger partial charge in [0.2, 0.25) is 11.8 Å². The van der Waals surface area contributed by atoms with Gasteiger partial charge in [-0.1, -0.05) is 0 Å². The Morgan fingerprint density at radius 3 is 2.55 bits per heavy atom. The average molecular weight is 298 g/mol. The Bertz CT molecular complexity index is 358. The van der Waals surface area contributed by atoms with Crippen LogP contribution in [0.5, 0.6) is 0 Å². The zero-order valence-corrected chi connectivity index (χ0v) is 11.2. The minimum atomic E-state index is -2.78. The molecule has 0 spiro atoms. The summed E-state index contributed by atoms with van der Waals surface area (Å²) in [5.41, 5.74) is 5.55. The number of aliphatic hydroxyl groups is 3. The number of carbonyl (C=O) groups is 1. The first-order valence-corrected chi connectivity index (χ1v) is 6.12. The molecule has 7 atom stereocenters. The van der Waals surface area contributed by atoms with E-state index in [-0.39, 0.29) is 0 Å². The normalized spacial score (nSPS) is 41.0. The van der Waals surface area contributed by atoms with E-state index in [2.05, 4.69) is 5.32 Å². The Morgan fingerprint density at radius 2 is 2.10 bits per heavy atom. The van der Waals surface area contributed by atoms with Crippen molar-refractivity contribution in [3.05, 3.63) is 0 Å². The fourth-order valence-electron chi connectivity index (χ4n) is 2.17. The summed E-state index contributed by atoms with van der Waals surface area (Å²) in [5, 5.41) is 30.3. The quantitative estimate of drug-likeness (QED) is 0.407. The first-order chi connectivity index (χ1) is 9.11. The lowest BCUT2D eigenvalue weighted by molar-refractivity contribution is -0.270.